The van der Waals surface area contributed by atoms with Crippen LogP contribution in [-0.2, 0) is 10.0 Å². The Labute approximate surface area is 158 Å². The molecule has 27 heavy (non-hydrogen) atoms. The number of carbonyl (C=O) groups is 1. The monoisotopic (exact) mass is 390 g/mol. The molecule has 1 N–H and O–H groups in total. The van der Waals surface area contributed by atoms with E-state index >= 15 is 0 Å². The summed E-state index contributed by atoms with van der Waals surface area (Å²) >= 11 is 0. The molecule has 0 aliphatic rings. The van der Waals surface area contributed by atoms with E-state index < -0.39 is 15.8 Å². The Morgan fingerprint density at radius 1 is 1.11 bits per heavy atom. The highest BCUT2D eigenvalue weighted by atomic mass is 32.2. The van der Waals surface area contributed by atoms with Crippen molar-refractivity contribution in [2.75, 3.05) is 27.2 Å². The van der Waals surface area contributed by atoms with Crippen LogP contribution in [0.2, 0.25) is 0 Å². The molecule has 0 aromatic heterocycles. The van der Waals surface area contributed by atoms with E-state index in [9.17, 15) is 17.6 Å². The lowest BCUT2D eigenvalue weighted by molar-refractivity contribution is 0.0958. The Morgan fingerprint density at radius 2 is 1.78 bits per heavy atom. The normalized spacial score (nSPS) is 10.8. The van der Waals surface area contributed by atoms with Crippen molar-refractivity contribution < 1.29 is 22.3 Å². The maximum atomic E-state index is 13.3. The van der Waals surface area contributed by atoms with Gasteiger partial charge in [0, 0.05) is 19.7 Å². The quantitative estimate of drug-likeness (QED) is 0.765. The molecule has 0 heterocycles. The number of sulfonamides is 1. The Hall–Kier alpha value is -2.89. The number of rotatable bonds is 6. The van der Waals surface area contributed by atoms with Gasteiger partial charge in [0.05, 0.1) is 11.4 Å². The van der Waals surface area contributed by atoms with Crippen molar-refractivity contribution in [2.45, 2.75) is 4.90 Å². The third-order valence-corrected chi connectivity index (χ3v) is 5.32. The second-order valence-corrected chi connectivity index (χ2v) is 7.72. The summed E-state index contributed by atoms with van der Waals surface area (Å²) in [7, 11) is -0.664. The summed E-state index contributed by atoms with van der Waals surface area (Å²) in [6, 6.07) is 11.6. The lowest BCUT2D eigenvalue weighted by Crippen LogP contribution is -2.24. The van der Waals surface area contributed by atoms with Crippen LogP contribution in [0.1, 0.15) is 10.4 Å². The Balaban J connectivity index is 1.84. The number of benzene rings is 2. The molecule has 0 aliphatic heterocycles. The number of nitrogens with zero attached hydrogens (tertiary/aromatic N) is 1. The third kappa shape index (κ3) is 5.54. The van der Waals surface area contributed by atoms with Crippen LogP contribution in [0.5, 0.6) is 5.75 Å². The average Bonchev–Trinajstić information content (AvgIpc) is 2.65. The van der Waals surface area contributed by atoms with E-state index in [0.29, 0.717) is 5.56 Å². The topological polar surface area (TPSA) is 75.7 Å². The van der Waals surface area contributed by atoms with E-state index in [1.54, 1.807) is 12.1 Å². The molecule has 8 heteroatoms. The Bertz CT molecular complexity index is 961. The fraction of sp³-hybridized carbons (Fsp3) is 0.211. The van der Waals surface area contributed by atoms with Crippen molar-refractivity contribution in [3.05, 3.63) is 59.9 Å². The van der Waals surface area contributed by atoms with Gasteiger partial charge in [-0.15, -0.1) is 0 Å². The first kappa shape index (κ1) is 20.4. The number of ether oxygens (including phenoxy) is 1. The summed E-state index contributed by atoms with van der Waals surface area (Å²) in [5.74, 6) is 4.63. The van der Waals surface area contributed by atoms with Gasteiger partial charge in [0.2, 0.25) is 10.0 Å². The first-order valence-corrected chi connectivity index (χ1v) is 9.40. The molecule has 1 amide bonds. The predicted molar refractivity (Wildman–Crippen MR) is 99.3 cm³/mol. The van der Waals surface area contributed by atoms with E-state index in [1.165, 1.54) is 50.5 Å². The molecule has 2 aromatic rings. The number of hydrogen-bond acceptors (Lipinski definition) is 4. The van der Waals surface area contributed by atoms with Crippen LogP contribution in [0.15, 0.2) is 53.4 Å². The Morgan fingerprint density at radius 3 is 2.41 bits per heavy atom. The maximum Gasteiger partial charge on any atom is 0.252 e. The fourth-order valence-corrected chi connectivity index (χ4v) is 2.91. The highest BCUT2D eigenvalue weighted by Crippen LogP contribution is 2.15. The van der Waals surface area contributed by atoms with E-state index in [1.807, 2.05) is 0 Å². The average molecular weight is 390 g/mol. The number of halogens is 1. The molecule has 0 spiro atoms. The predicted octanol–water partition coefficient (Wildman–Crippen LogP) is 1.89. The minimum atomic E-state index is -3.53. The molecular weight excluding hydrogens is 371 g/mol. The summed E-state index contributed by atoms with van der Waals surface area (Å²) in [6.45, 7) is 0.0745. The standard InChI is InChI=1S/C19H19FN2O4S/c1-22(2)27(24,25)16-11-9-15(10-12-16)19(23)21-13-5-6-14-26-18-8-4-3-7-17(18)20/h3-4,7-12H,13-14H2,1-2H3,(H,21,23). The van der Waals surface area contributed by atoms with Gasteiger partial charge in [-0.3, -0.25) is 4.79 Å². The maximum absolute atomic E-state index is 13.3. The van der Waals surface area contributed by atoms with Crippen LogP contribution in [0, 0.1) is 17.7 Å². The van der Waals surface area contributed by atoms with E-state index in [0.717, 1.165) is 4.31 Å². The van der Waals surface area contributed by atoms with Crippen molar-refractivity contribution in [1.29, 1.82) is 0 Å². The number of nitrogens with one attached hydrogen (secondary N) is 1. The van der Waals surface area contributed by atoms with Gasteiger partial charge >= 0.3 is 0 Å². The van der Waals surface area contributed by atoms with Crippen molar-refractivity contribution in [3.63, 3.8) is 0 Å². The number of hydrogen-bond donors (Lipinski definition) is 1. The van der Waals surface area contributed by atoms with Crippen LogP contribution in [0.3, 0.4) is 0 Å². The summed E-state index contributed by atoms with van der Waals surface area (Å²) < 4.78 is 43.6. The zero-order valence-electron chi connectivity index (χ0n) is 14.9. The van der Waals surface area contributed by atoms with Gasteiger partial charge in [0.25, 0.3) is 5.91 Å². The summed E-state index contributed by atoms with van der Waals surface area (Å²) in [6.07, 6.45) is 0. The highest BCUT2D eigenvalue weighted by Gasteiger charge is 2.17. The van der Waals surface area contributed by atoms with Crippen LogP contribution in [0.25, 0.3) is 0 Å². The van der Waals surface area contributed by atoms with E-state index in [2.05, 4.69) is 17.2 Å². The molecule has 0 saturated carbocycles. The molecule has 2 aromatic carbocycles. The second-order valence-electron chi connectivity index (χ2n) is 5.57. The SMILES string of the molecule is CN(C)S(=O)(=O)c1ccc(C(=O)NCC#CCOc2ccccc2F)cc1. The highest BCUT2D eigenvalue weighted by molar-refractivity contribution is 7.89. The van der Waals surface area contributed by atoms with Crippen LogP contribution >= 0.6 is 0 Å². The van der Waals surface area contributed by atoms with Gasteiger partial charge in [-0.05, 0) is 36.4 Å². The largest absolute Gasteiger partial charge is 0.478 e. The summed E-state index contributed by atoms with van der Waals surface area (Å²) in [5.41, 5.74) is 0.317. The molecule has 2 rings (SSSR count). The zero-order chi connectivity index (χ0) is 19.9. The first-order chi connectivity index (χ1) is 12.8. The summed E-state index contributed by atoms with van der Waals surface area (Å²) in [4.78, 5) is 12.1. The summed E-state index contributed by atoms with van der Waals surface area (Å²) in [5, 5.41) is 2.59. The minimum absolute atomic E-state index is 0.00606. The molecule has 0 aliphatic carbocycles. The van der Waals surface area contributed by atoms with Crippen molar-refractivity contribution >= 4 is 15.9 Å². The number of carbonyl (C=O) groups excluding carboxylic acids is 1. The van der Waals surface area contributed by atoms with Gasteiger partial charge in [-0.2, -0.15) is 0 Å². The fourth-order valence-electron chi connectivity index (χ4n) is 2.00. The lowest BCUT2D eigenvalue weighted by Gasteiger charge is -2.11. The second kappa shape index (κ2) is 9.16. The van der Waals surface area contributed by atoms with Gasteiger partial charge in [0.15, 0.2) is 11.6 Å². The zero-order valence-corrected chi connectivity index (χ0v) is 15.7. The number of amides is 1. The Kier molecular flexibility index (Phi) is 6.93. The molecule has 0 radical (unpaired) electrons. The lowest BCUT2D eigenvalue weighted by atomic mass is 10.2. The van der Waals surface area contributed by atoms with Crippen LogP contribution < -0.4 is 10.1 Å². The van der Waals surface area contributed by atoms with Crippen LogP contribution in [0.4, 0.5) is 4.39 Å². The van der Waals surface area contributed by atoms with Crippen LogP contribution in [-0.4, -0.2) is 45.9 Å². The molecular formula is C19H19FN2O4S. The molecule has 142 valence electrons. The molecule has 0 fully saturated rings. The van der Waals surface area contributed by atoms with Crippen molar-refractivity contribution in [3.8, 4) is 17.6 Å². The number of para-hydroxylation sites is 1. The van der Waals surface area contributed by atoms with E-state index in [4.69, 9.17) is 4.74 Å². The van der Waals surface area contributed by atoms with Gasteiger partial charge in [-0.1, -0.05) is 24.0 Å². The van der Waals surface area contributed by atoms with Crippen molar-refractivity contribution in [2.24, 2.45) is 0 Å². The van der Waals surface area contributed by atoms with Gasteiger partial charge in [-0.25, -0.2) is 17.1 Å². The van der Waals surface area contributed by atoms with Gasteiger partial charge in [0.1, 0.15) is 6.61 Å². The molecule has 0 unspecified atom stereocenters. The third-order valence-electron chi connectivity index (χ3n) is 3.49. The molecule has 0 atom stereocenters. The molecule has 0 saturated heterocycles. The minimum Gasteiger partial charge on any atom is -0.478 e. The van der Waals surface area contributed by atoms with Crippen molar-refractivity contribution in [1.82, 2.24) is 9.62 Å². The molecule has 6 nitrogen and oxygen atoms in total. The molecule has 0 bridgehead atoms. The smallest absolute Gasteiger partial charge is 0.252 e. The van der Waals surface area contributed by atoms with Gasteiger partial charge < -0.3 is 10.1 Å². The van der Waals surface area contributed by atoms with E-state index in [-0.39, 0.29) is 29.7 Å². The first-order valence-electron chi connectivity index (χ1n) is 7.96.